The standard InChI is InChI=1S/C17H22ClN3O2/c1-4-5-10-21-16(18)15(12(2)20-21)17(22)19-11-13-8-6-7-9-14(13)23-3/h6-9H,4-5,10-11H2,1-3H3,(H,19,22). The molecule has 0 bridgehead atoms. The lowest BCUT2D eigenvalue weighted by atomic mass is 10.2. The summed E-state index contributed by atoms with van der Waals surface area (Å²) >= 11 is 6.32. The molecule has 1 aromatic heterocycles. The molecule has 1 heterocycles. The van der Waals surface area contributed by atoms with Crippen molar-refractivity contribution in [2.75, 3.05) is 7.11 Å². The molecule has 0 radical (unpaired) electrons. The highest BCUT2D eigenvalue weighted by molar-refractivity contribution is 6.33. The summed E-state index contributed by atoms with van der Waals surface area (Å²) in [6, 6.07) is 7.58. The third kappa shape index (κ3) is 4.05. The molecule has 1 aromatic carbocycles. The number of carbonyl (C=O) groups is 1. The van der Waals surface area contributed by atoms with Crippen molar-refractivity contribution >= 4 is 17.5 Å². The Morgan fingerprint density at radius 2 is 2.13 bits per heavy atom. The van der Waals surface area contributed by atoms with Gasteiger partial charge < -0.3 is 10.1 Å². The average Bonchev–Trinajstić information content (AvgIpc) is 2.84. The van der Waals surface area contributed by atoms with Crippen LogP contribution in [-0.2, 0) is 13.1 Å². The molecule has 0 spiro atoms. The number of aryl methyl sites for hydroxylation is 2. The molecular weight excluding hydrogens is 314 g/mol. The zero-order chi connectivity index (χ0) is 16.8. The Balaban J connectivity index is 2.10. The van der Waals surface area contributed by atoms with Crippen molar-refractivity contribution in [1.29, 1.82) is 0 Å². The van der Waals surface area contributed by atoms with E-state index in [0.717, 1.165) is 30.7 Å². The van der Waals surface area contributed by atoms with Crippen LogP contribution in [-0.4, -0.2) is 22.8 Å². The first-order valence-corrected chi connectivity index (χ1v) is 8.09. The van der Waals surface area contributed by atoms with E-state index in [4.69, 9.17) is 16.3 Å². The van der Waals surface area contributed by atoms with E-state index >= 15 is 0 Å². The van der Waals surface area contributed by atoms with E-state index in [1.165, 1.54) is 0 Å². The van der Waals surface area contributed by atoms with E-state index in [9.17, 15) is 4.79 Å². The first kappa shape index (κ1) is 17.3. The van der Waals surface area contributed by atoms with Gasteiger partial charge in [0.15, 0.2) is 0 Å². The highest BCUT2D eigenvalue weighted by Gasteiger charge is 2.20. The number of benzene rings is 1. The second kappa shape index (κ2) is 8.02. The molecule has 0 fully saturated rings. The van der Waals surface area contributed by atoms with E-state index in [1.54, 1.807) is 18.7 Å². The number of methoxy groups -OCH3 is 1. The Hall–Kier alpha value is -2.01. The van der Waals surface area contributed by atoms with Gasteiger partial charge in [0.1, 0.15) is 10.9 Å². The number of aromatic nitrogens is 2. The number of hydrogen-bond donors (Lipinski definition) is 1. The van der Waals surface area contributed by atoms with Crippen molar-refractivity contribution in [2.45, 2.75) is 39.8 Å². The zero-order valence-electron chi connectivity index (χ0n) is 13.7. The number of ether oxygens (including phenoxy) is 1. The number of hydrogen-bond acceptors (Lipinski definition) is 3. The van der Waals surface area contributed by atoms with Crippen molar-refractivity contribution in [1.82, 2.24) is 15.1 Å². The SMILES string of the molecule is CCCCn1nc(C)c(C(=O)NCc2ccccc2OC)c1Cl. The minimum absolute atomic E-state index is 0.221. The summed E-state index contributed by atoms with van der Waals surface area (Å²) in [6.45, 7) is 4.99. The molecule has 0 saturated heterocycles. The van der Waals surface area contributed by atoms with Gasteiger partial charge in [0.2, 0.25) is 0 Å². The van der Waals surface area contributed by atoms with Crippen molar-refractivity contribution in [2.24, 2.45) is 0 Å². The Labute approximate surface area is 141 Å². The van der Waals surface area contributed by atoms with Crippen LogP contribution in [0.1, 0.15) is 41.4 Å². The molecule has 0 aliphatic heterocycles. The van der Waals surface area contributed by atoms with Gasteiger partial charge in [0.25, 0.3) is 5.91 Å². The van der Waals surface area contributed by atoms with E-state index in [1.807, 2.05) is 24.3 Å². The maximum Gasteiger partial charge on any atom is 0.256 e. The quantitative estimate of drug-likeness (QED) is 0.841. The summed E-state index contributed by atoms with van der Waals surface area (Å²) in [6.07, 6.45) is 2.02. The average molecular weight is 336 g/mol. The number of halogens is 1. The van der Waals surface area contributed by atoms with Crippen LogP contribution in [0.15, 0.2) is 24.3 Å². The van der Waals surface area contributed by atoms with Gasteiger partial charge in [-0.15, -0.1) is 0 Å². The second-order valence-electron chi connectivity index (χ2n) is 5.32. The van der Waals surface area contributed by atoms with Crippen molar-refractivity contribution in [3.05, 3.63) is 46.2 Å². The normalized spacial score (nSPS) is 10.6. The van der Waals surface area contributed by atoms with Gasteiger partial charge in [0.05, 0.1) is 18.4 Å². The lowest BCUT2D eigenvalue weighted by Crippen LogP contribution is -2.23. The number of para-hydroxylation sites is 1. The fourth-order valence-electron chi connectivity index (χ4n) is 2.38. The Bertz CT molecular complexity index is 682. The van der Waals surface area contributed by atoms with Gasteiger partial charge in [-0.25, -0.2) is 0 Å². The highest BCUT2D eigenvalue weighted by Crippen LogP contribution is 2.21. The van der Waals surface area contributed by atoms with Crippen LogP contribution in [0.2, 0.25) is 5.15 Å². The molecule has 0 aliphatic carbocycles. The predicted molar refractivity (Wildman–Crippen MR) is 91.0 cm³/mol. The second-order valence-corrected chi connectivity index (χ2v) is 5.68. The molecule has 0 atom stereocenters. The van der Waals surface area contributed by atoms with Crippen LogP contribution in [0.5, 0.6) is 5.75 Å². The molecule has 0 unspecified atom stereocenters. The molecule has 0 aliphatic rings. The Kier molecular flexibility index (Phi) is 6.04. The van der Waals surface area contributed by atoms with E-state index < -0.39 is 0 Å². The maximum absolute atomic E-state index is 12.5. The third-order valence-electron chi connectivity index (χ3n) is 3.65. The van der Waals surface area contributed by atoms with Crippen LogP contribution < -0.4 is 10.1 Å². The number of nitrogens with zero attached hydrogens (tertiary/aromatic N) is 2. The fraction of sp³-hybridized carbons (Fsp3) is 0.412. The molecule has 2 aromatic rings. The van der Waals surface area contributed by atoms with Gasteiger partial charge in [-0.2, -0.15) is 5.10 Å². The van der Waals surface area contributed by atoms with Crippen LogP contribution >= 0.6 is 11.6 Å². The van der Waals surface area contributed by atoms with Crippen molar-refractivity contribution in [3.8, 4) is 5.75 Å². The van der Waals surface area contributed by atoms with Crippen LogP contribution in [0.3, 0.4) is 0 Å². The number of nitrogens with one attached hydrogen (secondary N) is 1. The maximum atomic E-state index is 12.5. The van der Waals surface area contributed by atoms with Gasteiger partial charge in [-0.1, -0.05) is 43.1 Å². The largest absolute Gasteiger partial charge is 0.496 e. The highest BCUT2D eigenvalue weighted by atomic mass is 35.5. The third-order valence-corrected chi connectivity index (χ3v) is 4.03. The fourth-order valence-corrected chi connectivity index (χ4v) is 2.73. The predicted octanol–water partition coefficient (Wildman–Crippen LogP) is 3.58. The molecule has 0 saturated carbocycles. The molecule has 6 heteroatoms. The molecule has 23 heavy (non-hydrogen) atoms. The summed E-state index contributed by atoms with van der Waals surface area (Å²) < 4.78 is 6.98. The number of unbranched alkanes of at least 4 members (excludes halogenated alkanes) is 1. The van der Waals surface area contributed by atoms with Gasteiger partial charge in [-0.3, -0.25) is 9.48 Å². The monoisotopic (exact) mass is 335 g/mol. The molecular formula is C17H22ClN3O2. The van der Waals surface area contributed by atoms with Crippen molar-refractivity contribution < 1.29 is 9.53 Å². The summed E-state index contributed by atoms with van der Waals surface area (Å²) in [4.78, 5) is 12.5. The number of carbonyl (C=O) groups excluding carboxylic acids is 1. The Morgan fingerprint density at radius 3 is 2.83 bits per heavy atom. The topological polar surface area (TPSA) is 56.2 Å². The van der Waals surface area contributed by atoms with Crippen LogP contribution in [0.25, 0.3) is 0 Å². The Morgan fingerprint density at radius 1 is 1.39 bits per heavy atom. The first-order chi connectivity index (χ1) is 11.1. The summed E-state index contributed by atoms with van der Waals surface area (Å²) in [5.74, 6) is 0.524. The zero-order valence-corrected chi connectivity index (χ0v) is 14.5. The molecule has 5 nitrogen and oxygen atoms in total. The van der Waals surface area contributed by atoms with Gasteiger partial charge in [-0.05, 0) is 19.4 Å². The minimum Gasteiger partial charge on any atom is -0.496 e. The summed E-state index contributed by atoms with van der Waals surface area (Å²) in [7, 11) is 1.61. The lowest BCUT2D eigenvalue weighted by molar-refractivity contribution is 0.0950. The molecule has 1 amide bonds. The lowest BCUT2D eigenvalue weighted by Gasteiger charge is -2.09. The number of rotatable bonds is 7. The van der Waals surface area contributed by atoms with E-state index in [2.05, 4.69) is 17.3 Å². The van der Waals surface area contributed by atoms with E-state index in [-0.39, 0.29) is 5.91 Å². The van der Waals surface area contributed by atoms with E-state index in [0.29, 0.717) is 23.0 Å². The molecule has 1 N–H and O–H groups in total. The first-order valence-electron chi connectivity index (χ1n) is 7.71. The molecule has 2 rings (SSSR count). The summed E-state index contributed by atoms with van der Waals surface area (Å²) in [5.41, 5.74) is 2.00. The number of amides is 1. The minimum atomic E-state index is -0.221. The van der Waals surface area contributed by atoms with Gasteiger partial charge >= 0.3 is 0 Å². The molecule has 124 valence electrons. The van der Waals surface area contributed by atoms with Crippen LogP contribution in [0, 0.1) is 6.92 Å². The summed E-state index contributed by atoms with van der Waals surface area (Å²) in [5, 5.41) is 7.64. The van der Waals surface area contributed by atoms with Crippen molar-refractivity contribution in [3.63, 3.8) is 0 Å². The smallest absolute Gasteiger partial charge is 0.256 e. The van der Waals surface area contributed by atoms with Crippen LogP contribution in [0.4, 0.5) is 0 Å². The van der Waals surface area contributed by atoms with Gasteiger partial charge in [0, 0.05) is 18.7 Å².